The molecule has 3 N–H and O–H groups in total. The highest BCUT2D eigenvalue weighted by Crippen LogP contribution is 2.38. The number of amides is 4. The summed E-state index contributed by atoms with van der Waals surface area (Å²) in [6.07, 6.45) is 9.19. The van der Waals surface area contributed by atoms with Crippen molar-refractivity contribution in [3.8, 4) is 11.8 Å². The van der Waals surface area contributed by atoms with E-state index in [1.807, 2.05) is 18.2 Å². The summed E-state index contributed by atoms with van der Waals surface area (Å²) >= 11 is 6.66. The Bertz CT molecular complexity index is 1720. The van der Waals surface area contributed by atoms with Gasteiger partial charge < -0.3 is 15.2 Å². The van der Waals surface area contributed by atoms with Gasteiger partial charge in [-0.15, -0.1) is 0 Å². The molecule has 5 heterocycles. The van der Waals surface area contributed by atoms with Gasteiger partial charge in [-0.25, -0.2) is 4.98 Å². The van der Waals surface area contributed by atoms with Crippen LogP contribution in [-0.4, -0.2) is 63.0 Å². The van der Waals surface area contributed by atoms with Gasteiger partial charge in [0.1, 0.15) is 11.9 Å². The lowest BCUT2D eigenvalue weighted by Gasteiger charge is -2.29. The third kappa shape index (κ3) is 6.60. The van der Waals surface area contributed by atoms with Gasteiger partial charge in [0, 0.05) is 54.6 Å². The molecule has 3 aliphatic rings. The molecule has 1 unspecified atom stereocenters. The molecule has 1 aromatic carbocycles. The number of imide groups is 1. The first-order chi connectivity index (χ1) is 21.8. The number of benzene rings is 1. The summed E-state index contributed by atoms with van der Waals surface area (Å²) in [4.78, 5) is 61.1. The van der Waals surface area contributed by atoms with Crippen molar-refractivity contribution < 1.29 is 19.2 Å². The second-order valence-corrected chi connectivity index (χ2v) is 12.5. The van der Waals surface area contributed by atoms with Crippen molar-refractivity contribution in [2.45, 2.75) is 82.8 Å². The van der Waals surface area contributed by atoms with Crippen LogP contribution in [0.4, 0.5) is 5.82 Å². The van der Waals surface area contributed by atoms with Crippen LogP contribution in [0.1, 0.15) is 97.4 Å². The first kappa shape index (κ1) is 30.8. The van der Waals surface area contributed by atoms with Gasteiger partial charge in [0.25, 0.3) is 5.91 Å². The molecule has 0 spiro atoms. The number of nitrogens with zero attached hydrogens (tertiary/aromatic N) is 3. The van der Waals surface area contributed by atoms with Crippen LogP contribution in [-0.2, 0) is 20.9 Å². The molecular weight excluding hydrogens is 592 g/mol. The number of H-pyrrole nitrogens is 1. The van der Waals surface area contributed by atoms with Crippen molar-refractivity contribution in [3.05, 3.63) is 57.9 Å². The predicted octanol–water partition coefficient (Wildman–Crippen LogP) is 5.07. The van der Waals surface area contributed by atoms with E-state index < -0.39 is 11.9 Å². The van der Waals surface area contributed by atoms with E-state index in [9.17, 15) is 19.2 Å². The lowest BCUT2D eigenvalue weighted by molar-refractivity contribution is -0.137. The maximum Gasteiger partial charge on any atom is 0.255 e. The van der Waals surface area contributed by atoms with Crippen LogP contribution in [0.5, 0.6) is 0 Å². The second kappa shape index (κ2) is 13.4. The van der Waals surface area contributed by atoms with Crippen LogP contribution < -0.4 is 10.6 Å². The second-order valence-electron chi connectivity index (χ2n) is 12.1. The number of hydrogen-bond donors (Lipinski definition) is 3. The van der Waals surface area contributed by atoms with Crippen LogP contribution >= 0.6 is 11.6 Å². The number of unbranched alkanes of at least 4 members (excludes halogenated alkanes) is 4. The number of nitrogens with one attached hydrogen (secondary N) is 3. The van der Waals surface area contributed by atoms with Crippen LogP contribution in [0.3, 0.4) is 0 Å². The Morgan fingerprint density at radius 1 is 1.13 bits per heavy atom. The van der Waals surface area contributed by atoms with Gasteiger partial charge in [-0.2, -0.15) is 0 Å². The van der Waals surface area contributed by atoms with Crippen molar-refractivity contribution in [2.75, 3.05) is 18.9 Å². The maximum atomic E-state index is 13.0. The van der Waals surface area contributed by atoms with Crippen LogP contribution in [0.25, 0.3) is 10.9 Å². The van der Waals surface area contributed by atoms with Gasteiger partial charge in [0.2, 0.25) is 17.7 Å². The molecule has 10 nitrogen and oxygen atoms in total. The molecule has 0 saturated carbocycles. The highest BCUT2D eigenvalue weighted by Gasteiger charge is 2.39. The van der Waals surface area contributed by atoms with E-state index in [0.29, 0.717) is 42.2 Å². The van der Waals surface area contributed by atoms with Crippen molar-refractivity contribution in [2.24, 2.45) is 0 Å². The van der Waals surface area contributed by atoms with Crippen LogP contribution in [0.15, 0.2) is 30.5 Å². The molecule has 2 aromatic heterocycles. The number of aromatic nitrogens is 2. The van der Waals surface area contributed by atoms with Gasteiger partial charge in [-0.05, 0) is 63.4 Å². The Balaban J connectivity index is 0.933. The van der Waals surface area contributed by atoms with E-state index in [2.05, 4.69) is 44.4 Å². The van der Waals surface area contributed by atoms with Crippen molar-refractivity contribution in [1.82, 2.24) is 25.1 Å². The Morgan fingerprint density at radius 2 is 1.98 bits per heavy atom. The van der Waals surface area contributed by atoms with E-state index in [1.165, 1.54) is 0 Å². The summed E-state index contributed by atoms with van der Waals surface area (Å²) in [7, 11) is 2.11. The fourth-order valence-electron chi connectivity index (χ4n) is 6.57. The smallest absolute Gasteiger partial charge is 0.255 e. The number of fused-ring (bicyclic) bond motifs is 2. The minimum atomic E-state index is -0.638. The van der Waals surface area contributed by atoms with Gasteiger partial charge in [-0.1, -0.05) is 42.3 Å². The largest absolute Gasteiger partial charge is 0.356 e. The van der Waals surface area contributed by atoms with E-state index in [-0.39, 0.29) is 30.2 Å². The molecule has 6 rings (SSSR count). The first-order valence-electron chi connectivity index (χ1n) is 15.7. The molecule has 2 atom stereocenters. The van der Waals surface area contributed by atoms with Gasteiger partial charge in [0.05, 0.1) is 22.3 Å². The number of piperidine rings is 1. The normalized spacial score (nSPS) is 19.9. The molecule has 234 valence electrons. The third-order valence-corrected chi connectivity index (χ3v) is 9.44. The van der Waals surface area contributed by atoms with Gasteiger partial charge >= 0.3 is 0 Å². The highest BCUT2D eigenvalue weighted by molar-refractivity contribution is 6.36. The number of halogens is 1. The molecule has 0 bridgehead atoms. The number of likely N-dealkylation sites (tertiary alicyclic amines) is 1. The van der Waals surface area contributed by atoms with Crippen molar-refractivity contribution in [1.29, 1.82) is 0 Å². The summed E-state index contributed by atoms with van der Waals surface area (Å²) in [6.45, 7) is 1.37. The third-order valence-electron chi connectivity index (χ3n) is 9.03. The molecule has 3 aliphatic heterocycles. The average Bonchev–Trinajstić information content (AvgIpc) is 3.69. The fourth-order valence-corrected chi connectivity index (χ4v) is 6.89. The number of rotatable bonds is 9. The number of aromatic amines is 1. The number of anilines is 1. The quantitative estimate of drug-likeness (QED) is 0.172. The summed E-state index contributed by atoms with van der Waals surface area (Å²) in [6, 6.07) is 6.96. The topological polar surface area (TPSA) is 127 Å². The summed E-state index contributed by atoms with van der Waals surface area (Å²) in [5.74, 6) is 5.97. The maximum absolute atomic E-state index is 13.0. The number of pyridine rings is 1. The Kier molecular flexibility index (Phi) is 9.19. The Hall–Kier alpha value is -4.20. The Labute approximate surface area is 267 Å². The molecule has 4 amide bonds. The summed E-state index contributed by atoms with van der Waals surface area (Å²) in [5.41, 5.74) is 4.09. The molecule has 0 aliphatic carbocycles. The minimum Gasteiger partial charge on any atom is -0.356 e. The van der Waals surface area contributed by atoms with Crippen LogP contribution in [0.2, 0.25) is 5.02 Å². The van der Waals surface area contributed by atoms with Crippen molar-refractivity contribution in [3.63, 3.8) is 0 Å². The Morgan fingerprint density at radius 3 is 2.78 bits per heavy atom. The standard InChI is InChI=1S/C34H37ClN6O4/c1-40-17-9-13-26(40)32-31(35)23-19-36-28(18-25(23)37-32)38-29(42)14-7-5-3-2-4-6-10-21-11-8-12-22-24(21)20-41(34(22)45)27-15-16-30(43)39-33(27)44/h8,11-12,18-19,26-27,37H,2-5,7,9,13-17,20H2,1H3,(H,36,38,42)(H,39,43,44)/t26-,27?/m1/s1. The van der Waals surface area contributed by atoms with Gasteiger partial charge in [0.15, 0.2) is 0 Å². The van der Waals surface area contributed by atoms with E-state index in [4.69, 9.17) is 11.6 Å². The molecule has 2 saturated heterocycles. The van der Waals surface area contributed by atoms with E-state index in [0.717, 1.165) is 72.8 Å². The number of carbonyl (C=O) groups excluding carboxylic acids is 4. The monoisotopic (exact) mass is 628 g/mol. The molecule has 3 aromatic rings. The van der Waals surface area contributed by atoms with Crippen LogP contribution in [0, 0.1) is 11.8 Å². The first-order valence-corrected chi connectivity index (χ1v) is 16.1. The highest BCUT2D eigenvalue weighted by atomic mass is 35.5. The zero-order valence-corrected chi connectivity index (χ0v) is 26.1. The zero-order chi connectivity index (χ0) is 31.5. The molecular formula is C34H37ClN6O4. The van der Waals surface area contributed by atoms with Crippen molar-refractivity contribution >= 4 is 52.0 Å². The number of hydrogen-bond acceptors (Lipinski definition) is 6. The lowest BCUT2D eigenvalue weighted by atomic mass is 10.0. The SMILES string of the molecule is CN1CCC[C@@H]1c1[nH]c2cc(NC(=O)CCCCCCC#Cc3cccc4c3CN(C3CCC(=O)NC3=O)C4=O)ncc2c1Cl. The average molecular weight is 629 g/mol. The number of carbonyl (C=O) groups is 4. The van der Waals surface area contributed by atoms with E-state index in [1.54, 1.807) is 17.2 Å². The molecule has 0 radical (unpaired) electrons. The zero-order valence-electron chi connectivity index (χ0n) is 25.4. The van der Waals surface area contributed by atoms with Gasteiger partial charge in [-0.3, -0.25) is 29.4 Å². The van der Waals surface area contributed by atoms with E-state index >= 15 is 0 Å². The molecule has 2 fully saturated rings. The summed E-state index contributed by atoms with van der Waals surface area (Å²) < 4.78 is 0. The molecule has 45 heavy (non-hydrogen) atoms. The fraction of sp³-hybridized carbons (Fsp3) is 0.441. The molecule has 11 heteroatoms. The minimum absolute atomic E-state index is 0.0612. The summed E-state index contributed by atoms with van der Waals surface area (Å²) in [5, 5.41) is 6.82. The predicted molar refractivity (Wildman–Crippen MR) is 171 cm³/mol. The lowest BCUT2D eigenvalue weighted by Crippen LogP contribution is -2.52.